The first-order valence-corrected chi connectivity index (χ1v) is 23.5. The number of benzene rings is 2. The van der Waals surface area contributed by atoms with Crippen LogP contribution in [0.25, 0.3) is 34.0 Å². The van der Waals surface area contributed by atoms with Gasteiger partial charge in [-0.1, -0.05) is 66.7 Å². The average molecular weight is 614 g/mol. The summed E-state index contributed by atoms with van der Waals surface area (Å²) < 4.78 is 2.29. The summed E-state index contributed by atoms with van der Waals surface area (Å²) >= 11 is -2.49. The van der Waals surface area contributed by atoms with E-state index in [9.17, 15) is 0 Å². The Bertz CT molecular complexity index is 1130. The molecular formula is C28H32Cl2N4Sn. The molecule has 0 unspecified atom stereocenters. The Hall–Kier alpha value is -2.02. The van der Waals surface area contributed by atoms with Crippen LogP contribution in [0.2, 0.25) is 8.87 Å². The summed E-state index contributed by atoms with van der Waals surface area (Å²) in [6.45, 7) is 4.38. The third-order valence-electron chi connectivity index (χ3n) is 5.47. The van der Waals surface area contributed by atoms with Gasteiger partial charge < -0.3 is 0 Å². The standard InChI is InChI=1S/C20H14N4.2C4H9.2ClH.Sn/c1-3-9-15(10-4-1)18-19(16-11-5-2-6-12-16)23-24-20(22-18)17-13-7-8-14-21-17;2*1-3-4-2;;;/h1-14H;2*1,3-4H2,2H3;2*1H;/q;;;;;+2/p-2. The number of hydrogen-bond donors (Lipinski definition) is 0. The molecule has 182 valence electrons. The van der Waals surface area contributed by atoms with Crippen LogP contribution in [0.4, 0.5) is 0 Å². The Balaban J connectivity index is 0.000000266. The molecule has 0 aliphatic rings. The molecule has 0 aliphatic heterocycles. The quantitative estimate of drug-likeness (QED) is 0.177. The minimum atomic E-state index is -2.49. The number of aromatic nitrogens is 4. The van der Waals surface area contributed by atoms with Gasteiger partial charge in [0.15, 0.2) is 0 Å². The fourth-order valence-corrected chi connectivity index (χ4v) is 12.8. The smallest absolute Gasteiger partial charge is 0.201 e. The van der Waals surface area contributed by atoms with Crippen molar-refractivity contribution < 1.29 is 0 Å². The Morgan fingerprint density at radius 3 is 1.71 bits per heavy atom. The third kappa shape index (κ3) is 8.85. The van der Waals surface area contributed by atoms with Crippen molar-refractivity contribution in [3.8, 4) is 34.0 Å². The third-order valence-corrected chi connectivity index (χ3v) is 16.7. The molecule has 0 N–H and O–H groups in total. The molecule has 2 heterocycles. The molecule has 4 rings (SSSR count). The van der Waals surface area contributed by atoms with Crippen LogP contribution in [0.15, 0.2) is 85.1 Å². The van der Waals surface area contributed by atoms with Crippen LogP contribution in [-0.2, 0) is 0 Å². The SMILES string of the molecule is CCC[CH2][Sn]([Cl])([Cl])[CH2]CCC.c1ccc(-c2nnc(-c3ccccn3)nc2-c2ccccc2)cc1. The molecule has 0 saturated heterocycles. The van der Waals surface area contributed by atoms with Gasteiger partial charge in [0, 0.05) is 17.3 Å². The first kappa shape index (κ1) is 27.6. The molecule has 0 bridgehead atoms. The molecule has 0 spiro atoms. The van der Waals surface area contributed by atoms with E-state index >= 15 is 0 Å². The van der Waals surface area contributed by atoms with Crippen molar-refractivity contribution in [3.63, 3.8) is 0 Å². The molecule has 0 radical (unpaired) electrons. The van der Waals surface area contributed by atoms with E-state index in [0.717, 1.165) is 31.4 Å². The van der Waals surface area contributed by atoms with Gasteiger partial charge in [-0.25, -0.2) is 4.98 Å². The molecule has 35 heavy (non-hydrogen) atoms. The van der Waals surface area contributed by atoms with Gasteiger partial charge in [0.05, 0.1) is 0 Å². The Morgan fingerprint density at radius 2 is 1.20 bits per heavy atom. The molecule has 0 saturated carbocycles. The van der Waals surface area contributed by atoms with Gasteiger partial charge >= 0.3 is 82.4 Å². The van der Waals surface area contributed by atoms with Crippen molar-refractivity contribution in [3.05, 3.63) is 85.1 Å². The summed E-state index contributed by atoms with van der Waals surface area (Å²) in [5.41, 5.74) is 4.27. The number of rotatable bonds is 9. The van der Waals surface area contributed by atoms with Crippen molar-refractivity contribution in [1.82, 2.24) is 20.2 Å². The predicted octanol–water partition coefficient (Wildman–Crippen LogP) is 8.77. The molecule has 0 amide bonds. The normalized spacial score (nSPS) is 11.0. The average Bonchev–Trinajstić information content (AvgIpc) is 2.92. The van der Waals surface area contributed by atoms with Crippen molar-refractivity contribution in [2.75, 3.05) is 0 Å². The van der Waals surface area contributed by atoms with Gasteiger partial charge in [0.25, 0.3) is 0 Å². The zero-order chi connectivity index (χ0) is 24.9. The van der Waals surface area contributed by atoms with Crippen LogP contribution in [0.5, 0.6) is 0 Å². The van der Waals surface area contributed by atoms with Crippen LogP contribution in [0.1, 0.15) is 39.5 Å². The van der Waals surface area contributed by atoms with E-state index < -0.39 is 16.1 Å². The molecule has 0 aliphatic carbocycles. The second-order valence-electron chi connectivity index (χ2n) is 8.34. The summed E-state index contributed by atoms with van der Waals surface area (Å²) in [6.07, 6.45) is 6.64. The molecule has 2 aromatic heterocycles. The Morgan fingerprint density at radius 1 is 0.657 bits per heavy atom. The van der Waals surface area contributed by atoms with E-state index in [1.807, 2.05) is 78.9 Å². The van der Waals surface area contributed by atoms with Crippen LogP contribution in [0, 0.1) is 0 Å². The monoisotopic (exact) mass is 614 g/mol. The summed E-state index contributed by atoms with van der Waals surface area (Å²) in [5, 5.41) is 8.74. The fraction of sp³-hybridized carbons (Fsp3) is 0.286. The number of nitrogens with zero attached hydrogens (tertiary/aromatic N) is 4. The topological polar surface area (TPSA) is 51.6 Å². The first-order valence-electron chi connectivity index (χ1n) is 12.2. The van der Waals surface area contributed by atoms with Crippen molar-refractivity contribution in [1.29, 1.82) is 0 Å². The van der Waals surface area contributed by atoms with Gasteiger partial charge in [-0.3, -0.25) is 4.98 Å². The molecule has 4 nitrogen and oxygen atoms in total. The molecule has 0 fully saturated rings. The molecular weight excluding hydrogens is 582 g/mol. The second-order valence-corrected chi connectivity index (χ2v) is 27.1. The van der Waals surface area contributed by atoms with Crippen LogP contribution in [0.3, 0.4) is 0 Å². The molecule has 7 heteroatoms. The van der Waals surface area contributed by atoms with E-state index in [4.69, 9.17) is 22.8 Å². The maximum atomic E-state index is 6.27. The maximum Gasteiger partial charge on any atom is 0.201 e. The van der Waals surface area contributed by atoms with E-state index in [-0.39, 0.29) is 0 Å². The van der Waals surface area contributed by atoms with Gasteiger partial charge in [-0.05, 0) is 12.1 Å². The van der Waals surface area contributed by atoms with E-state index in [1.54, 1.807) is 6.20 Å². The van der Waals surface area contributed by atoms with Crippen LogP contribution >= 0.6 is 17.8 Å². The van der Waals surface area contributed by atoms with Gasteiger partial charge in [0.2, 0.25) is 5.82 Å². The summed E-state index contributed by atoms with van der Waals surface area (Å²) in [5.74, 6) is 0.522. The maximum absolute atomic E-state index is 6.27. The minimum Gasteiger partial charge on any atom is -0.253 e. The number of hydrogen-bond acceptors (Lipinski definition) is 4. The van der Waals surface area contributed by atoms with Crippen molar-refractivity contribution in [2.24, 2.45) is 0 Å². The zero-order valence-corrected chi connectivity index (χ0v) is 24.7. The summed E-state index contributed by atoms with van der Waals surface area (Å²) in [7, 11) is 12.5. The Labute approximate surface area is 220 Å². The molecule has 2 aromatic carbocycles. The number of unbranched alkanes of at least 4 members (excludes halogenated alkanes) is 2. The largest absolute Gasteiger partial charge is 0.253 e. The van der Waals surface area contributed by atoms with Crippen LogP contribution in [-0.4, -0.2) is 36.3 Å². The van der Waals surface area contributed by atoms with Crippen LogP contribution < -0.4 is 0 Å². The van der Waals surface area contributed by atoms with E-state index in [0.29, 0.717) is 11.5 Å². The van der Waals surface area contributed by atoms with Gasteiger partial charge in [-0.15, -0.1) is 10.2 Å². The Kier molecular flexibility index (Phi) is 11.4. The summed E-state index contributed by atoms with van der Waals surface area (Å²) in [6, 6.07) is 25.7. The number of pyridine rings is 1. The number of halogens is 2. The zero-order valence-electron chi connectivity index (χ0n) is 20.4. The fourth-order valence-electron chi connectivity index (χ4n) is 3.51. The second kappa shape index (κ2) is 14.5. The summed E-state index contributed by atoms with van der Waals surface area (Å²) in [4.78, 5) is 9.07. The first-order chi connectivity index (χ1) is 17.0. The van der Waals surface area contributed by atoms with Gasteiger partial charge in [0.1, 0.15) is 17.1 Å². The molecule has 0 atom stereocenters. The minimum absolute atomic E-state index is 0.522. The predicted molar refractivity (Wildman–Crippen MR) is 151 cm³/mol. The molecule has 4 aromatic rings. The van der Waals surface area contributed by atoms with E-state index in [2.05, 4.69) is 29.0 Å². The van der Waals surface area contributed by atoms with Crippen molar-refractivity contribution in [2.45, 2.75) is 48.4 Å². The van der Waals surface area contributed by atoms with Gasteiger partial charge in [-0.2, -0.15) is 0 Å². The van der Waals surface area contributed by atoms with E-state index in [1.165, 1.54) is 25.7 Å². The van der Waals surface area contributed by atoms with Crippen molar-refractivity contribution >= 4 is 34.0 Å².